The summed E-state index contributed by atoms with van der Waals surface area (Å²) in [5, 5.41) is 21.5. The van der Waals surface area contributed by atoms with Crippen LogP contribution in [0.2, 0.25) is 0 Å². The maximum Gasteiger partial charge on any atom is 0.511 e. The average molecular weight is 800 g/mol. The molecule has 1 heterocycles. The van der Waals surface area contributed by atoms with Gasteiger partial charge in [0.05, 0.1) is 25.0 Å². The van der Waals surface area contributed by atoms with E-state index in [2.05, 4.69) is 16.9 Å². The lowest BCUT2D eigenvalue weighted by Gasteiger charge is -2.18. The van der Waals surface area contributed by atoms with Crippen LogP contribution >= 0.6 is 0 Å². The Balaban J connectivity index is 1.63. The summed E-state index contributed by atoms with van der Waals surface area (Å²) < 4.78 is 25.6. The number of amides is 1. The predicted octanol–water partition coefficient (Wildman–Crippen LogP) is 6.36. The lowest BCUT2D eigenvalue weighted by molar-refractivity contribution is -0.185. The summed E-state index contributed by atoms with van der Waals surface area (Å²) in [6, 6.07) is 12.3. The van der Waals surface area contributed by atoms with Crippen molar-refractivity contribution < 1.29 is 57.6 Å². The summed E-state index contributed by atoms with van der Waals surface area (Å²) >= 11 is 0. The molecule has 1 amide bonds. The number of esters is 3. The molecule has 2 atom stereocenters. The van der Waals surface area contributed by atoms with Crippen LogP contribution in [0.25, 0.3) is 17.2 Å². The minimum absolute atomic E-state index is 0.0594. The van der Waals surface area contributed by atoms with Gasteiger partial charge in [0, 0.05) is 43.7 Å². The minimum atomic E-state index is -1.42. The highest BCUT2D eigenvalue weighted by atomic mass is 16.8. The first-order chi connectivity index (χ1) is 27.5. The van der Waals surface area contributed by atoms with Crippen LogP contribution in [-0.2, 0) is 46.3 Å². The summed E-state index contributed by atoms with van der Waals surface area (Å²) in [5.74, 6) is -3.32. The van der Waals surface area contributed by atoms with E-state index in [4.69, 9.17) is 29.1 Å². The first kappa shape index (κ1) is 44.5. The third kappa shape index (κ3) is 12.6. The number of benzene rings is 2. The van der Waals surface area contributed by atoms with Crippen molar-refractivity contribution in [3.63, 3.8) is 0 Å². The molecule has 2 unspecified atom stereocenters. The lowest BCUT2D eigenvalue weighted by Crippen LogP contribution is -2.28. The number of hydrogen-bond acceptors (Lipinski definition) is 14. The van der Waals surface area contributed by atoms with Gasteiger partial charge < -0.3 is 39.5 Å². The molecule has 0 bridgehead atoms. The van der Waals surface area contributed by atoms with E-state index in [-0.39, 0.29) is 46.6 Å². The molecule has 1 aliphatic carbocycles. The fraction of sp³-hybridized carbons (Fsp3) is 0.395. The summed E-state index contributed by atoms with van der Waals surface area (Å²) in [6.07, 6.45) is -1.18. The molecule has 0 saturated heterocycles. The Hall–Kier alpha value is -6.22. The van der Waals surface area contributed by atoms with E-state index in [1.165, 1.54) is 44.2 Å². The molecule has 0 aliphatic heterocycles. The summed E-state index contributed by atoms with van der Waals surface area (Å²) in [5.41, 5.74) is 1.70. The molecule has 58 heavy (non-hydrogen) atoms. The quantitative estimate of drug-likeness (QED) is 0.0396. The van der Waals surface area contributed by atoms with Crippen LogP contribution in [0.3, 0.4) is 0 Å². The smallest absolute Gasteiger partial charge is 0.431 e. The van der Waals surface area contributed by atoms with E-state index >= 15 is 0 Å². The Kier molecular flexibility index (Phi) is 15.6. The van der Waals surface area contributed by atoms with Crippen LogP contribution in [0.4, 0.5) is 4.79 Å². The highest BCUT2D eigenvalue weighted by molar-refractivity contribution is 6.09. The third-order valence-corrected chi connectivity index (χ3v) is 8.74. The second-order valence-electron chi connectivity index (χ2n) is 14.3. The van der Waals surface area contributed by atoms with Gasteiger partial charge in [-0.3, -0.25) is 19.2 Å². The fourth-order valence-electron chi connectivity index (χ4n) is 5.54. The van der Waals surface area contributed by atoms with Crippen molar-refractivity contribution >= 4 is 47.5 Å². The predicted molar refractivity (Wildman–Crippen MR) is 211 cm³/mol. The molecular formula is C43H49N3O12. The van der Waals surface area contributed by atoms with Crippen LogP contribution in [-0.4, -0.2) is 76.8 Å². The topological polar surface area (TPSA) is 218 Å². The molecule has 1 fully saturated rings. The van der Waals surface area contributed by atoms with Gasteiger partial charge in [-0.1, -0.05) is 50.8 Å². The third-order valence-electron chi connectivity index (χ3n) is 8.74. The van der Waals surface area contributed by atoms with E-state index in [1.54, 1.807) is 52.0 Å². The van der Waals surface area contributed by atoms with E-state index in [9.17, 15) is 33.9 Å². The van der Waals surface area contributed by atoms with Crippen molar-refractivity contribution in [2.24, 2.45) is 11.8 Å². The standard InChI is InChI=1S/C43H49N3O12/c1-8-29-18-34(37(48)17-27-11-13-30(14-12-27)35(44)20-38(49)55-25(6)56-41(51)23(2)3)33(19-31(29)22-47)32-15-16-36(40(50)45-21-28-9-10-28)46-39(32)42(52)57-26(7)58-43(53)54-24(4)5/h8,11-16,18-19,23-26,28,44,47H,1,9-10,17,20-22H2,2-7H3,(H,45,50). The molecule has 0 radical (unpaired) electrons. The van der Waals surface area contributed by atoms with Gasteiger partial charge in [0.1, 0.15) is 5.69 Å². The highest BCUT2D eigenvalue weighted by Crippen LogP contribution is 2.33. The number of nitrogens with zero attached hydrogens (tertiary/aromatic N) is 1. The number of carbonyl (C=O) groups is 6. The SMILES string of the molecule is C=Cc1cc(C(=O)Cc2ccc(C(=N)CC(=O)OC(C)OC(=O)C(C)C)cc2)c(-c2ccc(C(=O)NCC3CC3)nc2C(=O)OC(C)OC(=O)OC(C)C)cc1CO. The van der Waals surface area contributed by atoms with Crippen molar-refractivity contribution in [1.29, 1.82) is 5.41 Å². The molecule has 308 valence electrons. The number of Topliss-reactive ketones (excluding diaryl/α,β-unsaturated/α-hetero) is 1. The molecule has 15 nitrogen and oxygen atoms in total. The lowest BCUT2D eigenvalue weighted by atomic mass is 9.89. The maximum atomic E-state index is 14.2. The molecule has 1 aliphatic rings. The Labute approximate surface area is 336 Å². The number of ether oxygens (including phenoxy) is 5. The van der Waals surface area contributed by atoms with Gasteiger partial charge >= 0.3 is 24.1 Å². The largest absolute Gasteiger partial charge is 0.511 e. The van der Waals surface area contributed by atoms with Crippen LogP contribution in [0.1, 0.15) is 114 Å². The molecule has 3 aromatic rings. The van der Waals surface area contributed by atoms with E-state index in [1.807, 2.05) is 0 Å². The molecular weight excluding hydrogens is 750 g/mol. The summed E-state index contributed by atoms with van der Waals surface area (Å²) in [4.78, 5) is 81.7. The van der Waals surface area contributed by atoms with Gasteiger partial charge in [0.15, 0.2) is 11.5 Å². The zero-order valence-electron chi connectivity index (χ0n) is 33.4. The van der Waals surface area contributed by atoms with Crippen molar-refractivity contribution in [2.75, 3.05) is 6.54 Å². The molecule has 15 heteroatoms. The van der Waals surface area contributed by atoms with E-state index in [0.29, 0.717) is 34.7 Å². The molecule has 0 spiro atoms. The maximum absolute atomic E-state index is 14.2. The fourth-order valence-corrected chi connectivity index (χ4v) is 5.54. The highest BCUT2D eigenvalue weighted by Gasteiger charge is 2.28. The van der Waals surface area contributed by atoms with E-state index < -0.39 is 67.0 Å². The van der Waals surface area contributed by atoms with Crippen molar-refractivity contribution in [3.8, 4) is 11.1 Å². The Bertz CT molecular complexity index is 2050. The Morgan fingerprint density at radius 3 is 2.16 bits per heavy atom. The molecule has 2 aromatic carbocycles. The number of nitrogens with one attached hydrogen (secondary N) is 2. The number of pyridine rings is 1. The van der Waals surface area contributed by atoms with Gasteiger partial charge in [-0.2, -0.15) is 0 Å². The zero-order chi connectivity index (χ0) is 42.7. The summed E-state index contributed by atoms with van der Waals surface area (Å²) in [6.45, 7) is 13.1. The van der Waals surface area contributed by atoms with Crippen LogP contribution in [0.15, 0.2) is 55.1 Å². The van der Waals surface area contributed by atoms with Gasteiger partial charge in [0.2, 0.25) is 12.6 Å². The zero-order valence-corrected chi connectivity index (χ0v) is 33.4. The minimum Gasteiger partial charge on any atom is -0.431 e. The Morgan fingerprint density at radius 1 is 0.879 bits per heavy atom. The average Bonchev–Trinajstić information content (AvgIpc) is 4.00. The normalized spacial score (nSPS) is 13.2. The van der Waals surface area contributed by atoms with E-state index in [0.717, 1.165) is 12.8 Å². The number of carbonyl (C=O) groups excluding carboxylic acids is 6. The molecule has 4 rings (SSSR count). The number of aliphatic hydroxyl groups excluding tert-OH is 1. The Morgan fingerprint density at radius 2 is 1.55 bits per heavy atom. The first-order valence-corrected chi connectivity index (χ1v) is 18.9. The second kappa shape index (κ2) is 20.3. The second-order valence-corrected chi connectivity index (χ2v) is 14.3. The monoisotopic (exact) mass is 799 g/mol. The number of aromatic nitrogens is 1. The number of hydrogen-bond donors (Lipinski definition) is 3. The van der Waals surface area contributed by atoms with Crippen molar-refractivity contribution in [1.82, 2.24) is 10.3 Å². The van der Waals surface area contributed by atoms with Gasteiger partial charge in [-0.15, -0.1) is 0 Å². The van der Waals surface area contributed by atoms with Crippen LogP contribution in [0.5, 0.6) is 0 Å². The molecule has 1 saturated carbocycles. The van der Waals surface area contributed by atoms with Gasteiger partial charge in [-0.05, 0) is 84.7 Å². The van der Waals surface area contributed by atoms with Crippen LogP contribution in [0, 0.1) is 17.2 Å². The number of aliphatic hydroxyl groups is 1. The summed E-state index contributed by atoms with van der Waals surface area (Å²) in [7, 11) is 0. The van der Waals surface area contributed by atoms with Crippen LogP contribution < -0.4 is 5.32 Å². The van der Waals surface area contributed by atoms with Crippen molar-refractivity contribution in [3.05, 3.63) is 94.3 Å². The number of rotatable bonds is 19. The molecule has 3 N–H and O–H groups in total. The van der Waals surface area contributed by atoms with Gasteiger partial charge in [0.25, 0.3) is 5.91 Å². The first-order valence-electron chi connectivity index (χ1n) is 18.9. The molecule has 1 aromatic heterocycles. The number of ketones is 1. The van der Waals surface area contributed by atoms with Gasteiger partial charge in [-0.25, -0.2) is 14.6 Å². The van der Waals surface area contributed by atoms with Crippen molar-refractivity contribution in [2.45, 2.75) is 92.5 Å².